The maximum absolute atomic E-state index is 12.7. The highest BCUT2D eigenvalue weighted by molar-refractivity contribution is 5.99. The molecule has 0 aliphatic carbocycles. The predicted octanol–water partition coefficient (Wildman–Crippen LogP) is 3.19. The number of rotatable bonds is 8. The minimum atomic E-state index is -4.66. The molecule has 0 heterocycles. The molecule has 0 aliphatic rings. The number of carbonyl (C=O) groups excluding carboxylic acids is 1. The highest BCUT2D eigenvalue weighted by atomic mass is 19.4. The van der Waals surface area contributed by atoms with Crippen LogP contribution in [0.2, 0.25) is 0 Å². The van der Waals surface area contributed by atoms with Gasteiger partial charge in [-0.1, -0.05) is 6.08 Å². The molecule has 7 nitrogen and oxygen atoms in total. The van der Waals surface area contributed by atoms with E-state index in [1.165, 1.54) is 7.11 Å². The maximum atomic E-state index is 12.7. The Morgan fingerprint density at radius 2 is 2.04 bits per heavy atom. The highest BCUT2D eigenvalue weighted by Gasteiger charge is 2.35. The topological polar surface area (TPSA) is 81.9 Å². The molecule has 0 unspecified atom stereocenters. The van der Waals surface area contributed by atoms with Crippen LogP contribution in [0.25, 0.3) is 0 Å². The molecular weight excluding hydrogens is 345 g/mol. The van der Waals surface area contributed by atoms with E-state index in [1.807, 2.05) is 0 Å². The van der Waals surface area contributed by atoms with Crippen LogP contribution in [0.1, 0.15) is 17.3 Å². The summed E-state index contributed by atoms with van der Waals surface area (Å²) < 4.78 is 48.2. The number of methoxy groups -OCH3 is 1. The first-order chi connectivity index (χ1) is 11.6. The first kappa shape index (κ1) is 20.3. The Morgan fingerprint density at radius 1 is 1.40 bits per heavy atom. The van der Waals surface area contributed by atoms with E-state index in [0.29, 0.717) is 4.90 Å². The summed E-state index contributed by atoms with van der Waals surface area (Å²) >= 11 is 0. The van der Waals surface area contributed by atoms with Crippen LogP contribution in [-0.2, 0) is 0 Å². The van der Waals surface area contributed by atoms with Gasteiger partial charge in [0.05, 0.1) is 24.7 Å². The molecule has 0 radical (unpaired) electrons. The van der Waals surface area contributed by atoms with Crippen LogP contribution in [0, 0.1) is 10.1 Å². The minimum absolute atomic E-state index is 0.00126. The van der Waals surface area contributed by atoms with Crippen molar-refractivity contribution in [3.63, 3.8) is 0 Å². The van der Waals surface area contributed by atoms with Gasteiger partial charge in [-0.25, -0.2) is 0 Å². The normalized spacial score (nSPS) is 10.9. The number of alkyl halides is 3. The molecule has 0 spiro atoms. The lowest BCUT2D eigenvalue weighted by Crippen LogP contribution is -2.39. The number of hydrogen-bond acceptors (Lipinski definition) is 5. The van der Waals surface area contributed by atoms with Gasteiger partial charge in [0, 0.05) is 12.6 Å². The summed E-state index contributed by atoms with van der Waals surface area (Å²) in [6, 6.07) is 1.95. The predicted molar refractivity (Wildman–Crippen MR) is 83.0 cm³/mol. The van der Waals surface area contributed by atoms with Gasteiger partial charge in [-0.3, -0.25) is 14.9 Å². The molecule has 1 aromatic rings. The van der Waals surface area contributed by atoms with Gasteiger partial charge in [-0.05, 0) is 6.92 Å². The first-order valence-corrected chi connectivity index (χ1v) is 7.10. The second-order valence-electron chi connectivity index (χ2n) is 4.80. The van der Waals surface area contributed by atoms with Crippen molar-refractivity contribution in [1.82, 2.24) is 4.90 Å². The van der Waals surface area contributed by atoms with Crippen LogP contribution in [0.4, 0.5) is 18.9 Å². The molecular formula is C15H17F3N2O5. The van der Waals surface area contributed by atoms with Crippen molar-refractivity contribution in [2.75, 3.05) is 26.8 Å². The summed E-state index contributed by atoms with van der Waals surface area (Å²) in [5.74, 6) is -1.15. The van der Waals surface area contributed by atoms with Gasteiger partial charge in [0.25, 0.3) is 11.6 Å². The second kappa shape index (κ2) is 8.36. The molecule has 0 bridgehead atoms. The first-order valence-electron chi connectivity index (χ1n) is 7.10. The number of carbonyl (C=O) groups is 1. The van der Waals surface area contributed by atoms with Gasteiger partial charge < -0.3 is 14.4 Å². The van der Waals surface area contributed by atoms with Crippen LogP contribution < -0.4 is 9.47 Å². The SMILES string of the molecule is C=CCN(CC(F)(F)F)C(=O)c1cc(OC)c(OCC)cc1[N+](=O)[O-]. The number of benzene rings is 1. The van der Waals surface area contributed by atoms with Crippen LogP contribution in [0.5, 0.6) is 11.5 Å². The monoisotopic (exact) mass is 362 g/mol. The molecule has 1 rings (SSSR count). The number of halogens is 3. The van der Waals surface area contributed by atoms with Crippen LogP contribution in [-0.4, -0.2) is 48.7 Å². The van der Waals surface area contributed by atoms with Gasteiger partial charge in [-0.2, -0.15) is 13.2 Å². The molecule has 0 aromatic heterocycles. The molecule has 25 heavy (non-hydrogen) atoms. The standard InChI is InChI=1S/C15H17F3N2O5/c1-4-6-19(9-15(16,17)18)14(21)10-7-12(24-3)13(25-5-2)8-11(10)20(22)23/h4,7-8H,1,5-6,9H2,2-3H3. The summed E-state index contributed by atoms with van der Waals surface area (Å²) in [5.41, 5.74) is -1.21. The highest BCUT2D eigenvalue weighted by Crippen LogP contribution is 2.35. The minimum Gasteiger partial charge on any atom is -0.493 e. The Balaban J connectivity index is 3.42. The molecule has 1 amide bonds. The summed E-state index contributed by atoms with van der Waals surface area (Å²) in [4.78, 5) is 23.2. The van der Waals surface area contributed by atoms with Crippen LogP contribution in [0.15, 0.2) is 24.8 Å². The fourth-order valence-electron chi connectivity index (χ4n) is 2.06. The molecule has 0 fully saturated rings. The van der Waals surface area contributed by atoms with Crippen molar-refractivity contribution in [1.29, 1.82) is 0 Å². The smallest absolute Gasteiger partial charge is 0.406 e. The van der Waals surface area contributed by atoms with Gasteiger partial charge in [0.2, 0.25) is 0 Å². The zero-order valence-electron chi connectivity index (χ0n) is 13.6. The van der Waals surface area contributed by atoms with Crippen molar-refractivity contribution in [3.8, 4) is 11.5 Å². The van der Waals surface area contributed by atoms with Crippen molar-refractivity contribution < 1.29 is 32.4 Å². The van der Waals surface area contributed by atoms with E-state index in [1.54, 1.807) is 6.92 Å². The summed E-state index contributed by atoms with van der Waals surface area (Å²) in [6.07, 6.45) is -3.57. The van der Waals surface area contributed by atoms with E-state index in [9.17, 15) is 28.1 Å². The molecule has 138 valence electrons. The maximum Gasteiger partial charge on any atom is 0.406 e. The largest absolute Gasteiger partial charge is 0.493 e. The van der Waals surface area contributed by atoms with E-state index in [-0.39, 0.29) is 18.1 Å². The number of amides is 1. The number of hydrogen-bond donors (Lipinski definition) is 0. The van der Waals surface area contributed by atoms with Gasteiger partial charge in [0.1, 0.15) is 12.1 Å². The molecule has 0 aliphatic heterocycles. The Bertz CT molecular complexity index is 661. The van der Waals surface area contributed by atoms with Crippen molar-refractivity contribution in [2.24, 2.45) is 0 Å². The average Bonchev–Trinajstić information content (AvgIpc) is 2.52. The Kier molecular flexibility index (Phi) is 6.77. The van der Waals surface area contributed by atoms with Crippen molar-refractivity contribution >= 4 is 11.6 Å². The van der Waals surface area contributed by atoms with Gasteiger partial charge >= 0.3 is 6.18 Å². The molecule has 10 heteroatoms. The summed E-state index contributed by atoms with van der Waals surface area (Å²) in [7, 11) is 1.25. The van der Waals surface area contributed by atoms with E-state index in [0.717, 1.165) is 18.2 Å². The molecule has 0 saturated heterocycles. The van der Waals surface area contributed by atoms with Gasteiger partial charge in [0.15, 0.2) is 11.5 Å². The Labute approximate surface area is 141 Å². The third-order valence-corrected chi connectivity index (χ3v) is 3.02. The Morgan fingerprint density at radius 3 is 2.48 bits per heavy atom. The lowest BCUT2D eigenvalue weighted by molar-refractivity contribution is -0.385. The van der Waals surface area contributed by atoms with Crippen molar-refractivity contribution in [2.45, 2.75) is 13.1 Å². The van der Waals surface area contributed by atoms with E-state index in [2.05, 4.69) is 6.58 Å². The quantitative estimate of drug-likeness (QED) is 0.403. The van der Waals surface area contributed by atoms with Crippen molar-refractivity contribution in [3.05, 3.63) is 40.5 Å². The zero-order chi connectivity index (χ0) is 19.2. The Hall–Kier alpha value is -2.78. The van der Waals surface area contributed by atoms with Crippen LogP contribution in [0.3, 0.4) is 0 Å². The molecule has 0 atom stereocenters. The summed E-state index contributed by atoms with van der Waals surface area (Å²) in [6.45, 7) is 3.12. The fraction of sp³-hybridized carbons (Fsp3) is 0.400. The zero-order valence-corrected chi connectivity index (χ0v) is 13.6. The van der Waals surface area contributed by atoms with E-state index < -0.39 is 41.3 Å². The lowest BCUT2D eigenvalue weighted by Gasteiger charge is -2.23. The van der Waals surface area contributed by atoms with Crippen LogP contribution >= 0.6 is 0 Å². The molecule has 0 saturated carbocycles. The third-order valence-electron chi connectivity index (χ3n) is 3.02. The fourth-order valence-corrected chi connectivity index (χ4v) is 2.06. The third kappa shape index (κ3) is 5.37. The molecule has 1 aromatic carbocycles. The number of nitro benzene ring substituents is 1. The van der Waals surface area contributed by atoms with E-state index in [4.69, 9.17) is 9.47 Å². The van der Waals surface area contributed by atoms with Gasteiger partial charge in [-0.15, -0.1) is 6.58 Å². The molecule has 0 N–H and O–H groups in total. The number of nitrogens with zero attached hydrogens (tertiary/aromatic N) is 2. The average molecular weight is 362 g/mol. The lowest BCUT2D eigenvalue weighted by atomic mass is 10.1. The summed E-state index contributed by atoms with van der Waals surface area (Å²) in [5, 5.41) is 11.2. The number of ether oxygens (including phenoxy) is 2. The van der Waals surface area contributed by atoms with E-state index >= 15 is 0 Å². The number of nitro groups is 1. The second-order valence-corrected chi connectivity index (χ2v) is 4.80.